The molecule has 9 unspecified atom stereocenters. The summed E-state index contributed by atoms with van der Waals surface area (Å²) in [6.07, 6.45) is -0.676. The minimum Gasteiger partial charge on any atom is -0.474 e. The number of aliphatic hydroxyl groups is 1. The first-order valence-corrected chi connectivity index (χ1v) is 15.1. The number of H-pyrrole nitrogens is 1. The third kappa shape index (κ3) is 5.98. The molecule has 0 radical (unpaired) electrons. The number of fused-ring (bicyclic) bond motifs is 4. The Kier molecular flexibility index (Phi) is 8.28. The molecule has 19 heteroatoms. The fraction of sp³-hybridized carbons (Fsp3) is 0.591. The number of aromatic amines is 1. The monoisotopic (exact) mass is 611 g/mol. The SMILES string of the molecule is CCNc1nc2c(ncn2C2OC3CO[P+](=O)OC4CC(Oc5ccncn5)CC4CO[P+](=O)OC2C3O)c(=O)[nH]1. The zero-order chi connectivity index (χ0) is 28.5. The van der Waals surface area contributed by atoms with Crippen molar-refractivity contribution in [3.8, 4) is 5.88 Å². The predicted octanol–water partition coefficient (Wildman–Crippen LogP) is 1.59. The van der Waals surface area contributed by atoms with E-state index in [4.69, 9.17) is 27.6 Å². The van der Waals surface area contributed by atoms with Crippen LogP contribution in [0.5, 0.6) is 5.88 Å². The van der Waals surface area contributed by atoms with Crippen LogP contribution in [-0.4, -0.2) is 84.9 Å². The molecule has 3 N–H and O–H groups in total. The van der Waals surface area contributed by atoms with E-state index in [1.54, 1.807) is 12.3 Å². The van der Waals surface area contributed by atoms with E-state index >= 15 is 0 Å². The van der Waals surface area contributed by atoms with Gasteiger partial charge >= 0.3 is 16.5 Å². The van der Waals surface area contributed by atoms with E-state index in [-0.39, 0.29) is 42.3 Å². The van der Waals surface area contributed by atoms with Crippen LogP contribution in [0.25, 0.3) is 11.2 Å². The van der Waals surface area contributed by atoms with E-state index in [0.29, 0.717) is 25.3 Å². The number of nitrogens with one attached hydrogen (secondary N) is 2. The first-order valence-electron chi connectivity index (χ1n) is 12.9. The van der Waals surface area contributed by atoms with Crippen LogP contribution in [0.4, 0.5) is 5.95 Å². The van der Waals surface area contributed by atoms with Gasteiger partial charge in [0.25, 0.3) is 5.56 Å². The molecule has 3 aliphatic rings. The van der Waals surface area contributed by atoms with Gasteiger partial charge in [0, 0.05) is 40.3 Å². The standard InChI is InChI=1S/C22H26N7O10P2/c1-2-24-22-27-19-16(20(31)28-22)26-10-29(19)21-18-17(30)14(37-21)8-35-40(32)38-13-6-12(36-15-3-4-23-9-25-15)5-11(13)7-34-41(33)39-18/h3-4,9-14,17-18,21,30H,2,5-8H2,1H3,(H-,24,27,28,31)/q+1/p+1. The number of hydrogen-bond acceptors (Lipinski definition) is 15. The number of aliphatic hydroxyl groups excluding tert-OH is 1. The molecule has 17 nitrogen and oxygen atoms in total. The zero-order valence-electron chi connectivity index (χ0n) is 21.6. The van der Waals surface area contributed by atoms with Gasteiger partial charge in [-0.15, -0.1) is 18.1 Å². The highest BCUT2D eigenvalue weighted by atomic mass is 31.1. The Morgan fingerprint density at radius 2 is 2.00 bits per heavy atom. The molecule has 0 aromatic carbocycles. The highest BCUT2D eigenvalue weighted by molar-refractivity contribution is 7.33. The fourth-order valence-corrected chi connectivity index (χ4v) is 6.69. The number of nitrogens with zero attached hydrogens (tertiary/aromatic N) is 5. The van der Waals surface area contributed by atoms with Crippen molar-refractivity contribution < 1.29 is 41.8 Å². The molecule has 2 bridgehead atoms. The quantitative estimate of drug-likeness (QED) is 0.350. The summed E-state index contributed by atoms with van der Waals surface area (Å²) in [6, 6.07) is 1.62. The number of ether oxygens (including phenoxy) is 2. The molecule has 3 fully saturated rings. The number of imidazole rings is 1. The zero-order valence-corrected chi connectivity index (χ0v) is 23.4. The van der Waals surface area contributed by atoms with Crippen molar-refractivity contribution in [2.45, 2.75) is 56.5 Å². The van der Waals surface area contributed by atoms with Gasteiger partial charge in [-0.05, 0) is 13.3 Å². The van der Waals surface area contributed by atoms with Crippen molar-refractivity contribution in [2.75, 3.05) is 25.1 Å². The summed E-state index contributed by atoms with van der Waals surface area (Å²) in [5, 5.41) is 14.0. The van der Waals surface area contributed by atoms with Crippen molar-refractivity contribution >= 4 is 33.6 Å². The largest absolute Gasteiger partial charge is 0.697 e. The molecule has 1 saturated carbocycles. The van der Waals surface area contributed by atoms with E-state index in [9.17, 15) is 19.0 Å². The van der Waals surface area contributed by atoms with E-state index < -0.39 is 52.7 Å². The summed E-state index contributed by atoms with van der Waals surface area (Å²) in [5.74, 6) is 0.242. The first-order chi connectivity index (χ1) is 19.9. The Morgan fingerprint density at radius 1 is 1.17 bits per heavy atom. The van der Waals surface area contributed by atoms with Crippen molar-refractivity contribution in [3.05, 3.63) is 35.3 Å². The second kappa shape index (κ2) is 12.1. The van der Waals surface area contributed by atoms with Gasteiger partial charge in [0.1, 0.15) is 44.0 Å². The average Bonchev–Trinajstić information content (AvgIpc) is 3.63. The molecular weight excluding hydrogens is 584 g/mol. The van der Waals surface area contributed by atoms with Crippen LogP contribution in [0.15, 0.2) is 29.7 Å². The highest BCUT2D eigenvalue weighted by Crippen LogP contribution is 2.44. The molecule has 1 aliphatic carbocycles. The van der Waals surface area contributed by atoms with Crippen LogP contribution in [0.3, 0.4) is 0 Å². The molecular formula is C22H27N7O10P2+2. The summed E-state index contributed by atoms with van der Waals surface area (Å²) in [7, 11) is -5.38. The normalized spacial score (nSPS) is 32.6. The molecule has 41 heavy (non-hydrogen) atoms. The van der Waals surface area contributed by atoms with Gasteiger partial charge in [-0.2, -0.15) is 4.98 Å². The molecule has 218 valence electrons. The summed E-state index contributed by atoms with van der Waals surface area (Å²) in [6.45, 7) is 1.94. The second-order valence-electron chi connectivity index (χ2n) is 9.60. The highest BCUT2D eigenvalue weighted by Gasteiger charge is 2.53. The number of rotatable bonds is 5. The van der Waals surface area contributed by atoms with E-state index in [1.165, 1.54) is 17.2 Å². The number of aromatic nitrogens is 6. The van der Waals surface area contributed by atoms with Gasteiger partial charge in [0.05, 0.1) is 6.33 Å². The third-order valence-electron chi connectivity index (χ3n) is 6.96. The molecule has 9 atom stereocenters. The summed E-state index contributed by atoms with van der Waals surface area (Å²) >= 11 is 0. The van der Waals surface area contributed by atoms with Crippen molar-refractivity contribution in [1.82, 2.24) is 29.5 Å². The fourth-order valence-electron chi connectivity index (χ4n) is 5.08. The summed E-state index contributed by atoms with van der Waals surface area (Å²) < 4.78 is 61.4. The minimum atomic E-state index is -2.75. The van der Waals surface area contributed by atoms with Crippen LogP contribution >= 0.6 is 16.5 Å². The maximum Gasteiger partial charge on any atom is 0.697 e. The second-order valence-corrected chi connectivity index (χ2v) is 11.4. The van der Waals surface area contributed by atoms with Crippen LogP contribution in [0.2, 0.25) is 0 Å². The van der Waals surface area contributed by atoms with E-state index in [1.807, 2.05) is 6.92 Å². The smallest absolute Gasteiger partial charge is 0.474 e. The predicted molar refractivity (Wildman–Crippen MR) is 138 cm³/mol. The molecule has 3 aromatic rings. The van der Waals surface area contributed by atoms with Crippen molar-refractivity contribution in [2.24, 2.45) is 5.92 Å². The Bertz CT molecular complexity index is 1480. The lowest BCUT2D eigenvalue weighted by Crippen LogP contribution is -2.34. The minimum absolute atomic E-state index is 0.0285. The molecule has 2 aliphatic heterocycles. The first kappa shape index (κ1) is 28.1. The van der Waals surface area contributed by atoms with Gasteiger partial charge < -0.3 is 19.9 Å². The molecule has 5 heterocycles. The van der Waals surface area contributed by atoms with Crippen LogP contribution < -0.4 is 15.6 Å². The van der Waals surface area contributed by atoms with Gasteiger partial charge in [0.15, 0.2) is 23.5 Å². The number of hydrogen-bond donors (Lipinski definition) is 3. The van der Waals surface area contributed by atoms with E-state index in [0.717, 1.165) is 0 Å². The Labute approximate surface area is 233 Å². The van der Waals surface area contributed by atoms with Gasteiger partial charge in [-0.3, -0.25) is 14.3 Å². The average molecular weight is 611 g/mol. The van der Waals surface area contributed by atoms with Crippen LogP contribution in [0, 0.1) is 5.92 Å². The molecule has 3 aromatic heterocycles. The van der Waals surface area contributed by atoms with Crippen LogP contribution in [0.1, 0.15) is 26.0 Å². The lowest BCUT2D eigenvalue weighted by molar-refractivity contribution is -0.0481. The molecule has 0 amide bonds. The van der Waals surface area contributed by atoms with Gasteiger partial charge in [-0.25, -0.2) is 15.0 Å². The van der Waals surface area contributed by atoms with Gasteiger partial charge in [0.2, 0.25) is 11.8 Å². The molecule has 2 saturated heterocycles. The van der Waals surface area contributed by atoms with Crippen LogP contribution in [-0.2, 0) is 32.0 Å². The molecule has 0 spiro atoms. The Balaban J connectivity index is 1.22. The maximum atomic E-state index is 13.0. The maximum absolute atomic E-state index is 13.0. The lowest BCUT2D eigenvalue weighted by atomic mass is 10.1. The Hall–Kier alpha value is -3.01. The summed E-state index contributed by atoms with van der Waals surface area (Å²) in [5.41, 5.74) is -0.313. The number of anilines is 1. The van der Waals surface area contributed by atoms with Gasteiger partial charge in [-0.1, -0.05) is 0 Å². The third-order valence-corrected chi connectivity index (χ3v) is 8.54. The molecule has 6 rings (SSSR count). The topological polar surface area (TPSA) is 211 Å². The summed E-state index contributed by atoms with van der Waals surface area (Å²) in [4.78, 5) is 31.6. The van der Waals surface area contributed by atoms with Crippen molar-refractivity contribution in [1.29, 1.82) is 0 Å². The Morgan fingerprint density at radius 3 is 2.80 bits per heavy atom. The van der Waals surface area contributed by atoms with Crippen molar-refractivity contribution in [3.63, 3.8) is 0 Å². The lowest BCUT2D eigenvalue weighted by Gasteiger charge is -2.17. The van der Waals surface area contributed by atoms with E-state index in [2.05, 4.69) is 30.2 Å².